The maximum absolute atomic E-state index is 13.4. The van der Waals surface area contributed by atoms with E-state index in [1.165, 1.54) is 0 Å². The van der Waals surface area contributed by atoms with Crippen molar-refractivity contribution in [3.05, 3.63) is 71.0 Å². The van der Waals surface area contributed by atoms with Crippen LogP contribution in [0.1, 0.15) is 46.1 Å². The number of piperazine rings is 1. The normalized spacial score (nSPS) is 16.5. The van der Waals surface area contributed by atoms with Gasteiger partial charge < -0.3 is 10.2 Å². The van der Waals surface area contributed by atoms with Crippen LogP contribution in [0.5, 0.6) is 0 Å². The lowest BCUT2D eigenvalue weighted by atomic mass is 10.1. The van der Waals surface area contributed by atoms with Gasteiger partial charge in [0.25, 0.3) is 5.91 Å². The van der Waals surface area contributed by atoms with Crippen LogP contribution in [0.15, 0.2) is 48.5 Å². The van der Waals surface area contributed by atoms with Gasteiger partial charge in [-0.25, -0.2) is 4.68 Å². The van der Waals surface area contributed by atoms with E-state index < -0.39 is 0 Å². The lowest BCUT2D eigenvalue weighted by Gasteiger charge is -2.34. The molecule has 0 spiro atoms. The molecule has 34 heavy (non-hydrogen) atoms. The lowest BCUT2D eigenvalue weighted by Crippen LogP contribution is -2.50. The van der Waals surface area contributed by atoms with Crippen molar-refractivity contribution in [2.24, 2.45) is 0 Å². The molecule has 0 atom stereocenters. The van der Waals surface area contributed by atoms with Crippen molar-refractivity contribution >= 4 is 17.5 Å². The van der Waals surface area contributed by atoms with Gasteiger partial charge in [-0.15, -0.1) is 5.10 Å². The molecule has 1 saturated heterocycles. The van der Waals surface area contributed by atoms with E-state index in [0.717, 1.165) is 41.0 Å². The zero-order chi connectivity index (χ0) is 23.7. The Balaban J connectivity index is 1.21. The summed E-state index contributed by atoms with van der Waals surface area (Å²) < 4.78 is 1.82. The van der Waals surface area contributed by atoms with Crippen LogP contribution in [0.3, 0.4) is 0 Å². The van der Waals surface area contributed by atoms with Gasteiger partial charge in [-0.05, 0) is 49.9 Å². The lowest BCUT2D eigenvalue weighted by molar-refractivity contribution is -0.117. The molecular weight excluding hydrogens is 428 g/mol. The number of aromatic nitrogens is 3. The molecule has 1 saturated carbocycles. The average molecular weight is 459 g/mol. The summed E-state index contributed by atoms with van der Waals surface area (Å²) >= 11 is 0. The number of para-hydroxylation sites is 2. The molecule has 1 aliphatic heterocycles. The number of anilines is 1. The monoisotopic (exact) mass is 458 g/mol. The van der Waals surface area contributed by atoms with Gasteiger partial charge in [-0.3, -0.25) is 14.5 Å². The number of nitrogens with zero attached hydrogens (tertiary/aromatic N) is 5. The molecule has 3 aromatic rings. The van der Waals surface area contributed by atoms with E-state index in [1.807, 2.05) is 72.0 Å². The first kappa shape index (κ1) is 22.3. The number of carbonyl (C=O) groups excluding carboxylic acids is 2. The molecule has 1 N–H and O–H groups in total. The summed E-state index contributed by atoms with van der Waals surface area (Å²) in [5.74, 6) is 0.242. The van der Waals surface area contributed by atoms with Gasteiger partial charge in [0.1, 0.15) is 0 Å². The highest BCUT2D eigenvalue weighted by molar-refractivity contribution is 5.94. The Bertz CT molecular complexity index is 1170. The zero-order valence-electron chi connectivity index (χ0n) is 19.7. The number of hydrogen-bond donors (Lipinski definition) is 1. The molecule has 2 aliphatic rings. The Kier molecular flexibility index (Phi) is 6.15. The van der Waals surface area contributed by atoms with Gasteiger partial charge in [0.2, 0.25) is 5.91 Å². The highest BCUT2D eigenvalue weighted by Crippen LogP contribution is 2.42. The van der Waals surface area contributed by atoms with Gasteiger partial charge in [0, 0.05) is 37.8 Å². The van der Waals surface area contributed by atoms with E-state index in [4.69, 9.17) is 0 Å². The van der Waals surface area contributed by atoms with E-state index in [0.29, 0.717) is 44.3 Å². The minimum atomic E-state index is -0.0660. The Morgan fingerprint density at radius 1 is 0.941 bits per heavy atom. The summed E-state index contributed by atoms with van der Waals surface area (Å²) in [6, 6.07) is 15.8. The smallest absolute Gasteiger partial charge is 0.276 e. The van der Waals surface area contributed by atoms with Crippen LogP contribution >= 0.6 is 0 Å². The predicted octanol–water partition coefficient (Wildman–Crippen LogP) is 3.16. The standard InChI is InChI=1S/C26H30N6O2/c1-18-7-6-8-19(2)23(18)27-22(33)17-30-13-15-31(16-14-30)26(34)24-25(20-11-12-20)32(29-28-24)21-9-4-3-5-10-21/h3-10,20H,11-17H2,1-2H3,(H,27,33). The number of amides is 2. The minimum absolute atomic E-state index is 0.0287. The summed E-state index contributed by atoms with van der Waals surface area (Å²) in [4.78, 5) is 29.9. The molecule has 2 aromatic carbocycles. The van der Waals surface area contributed by atoms with Gasteiger partial charge in [0.15, 0.2) is 5.69 Å². The summed E-state index contributed by atoms with van der Waals surface area (Å²) in [7, 11) is 0. The molecule has 5 rings (SSSR count). The maximum atomic E-state index is 13.4. The second-order valence-corrected chi connectivity index (χ2v) is 9.23. The summed E-state index contributed by atoms with van der Waals surface area (Å²) in [6.45, 7) is 6.74. The number of aryl methyl sites for hydroxylation is 2. The summed E-state index contributed by atoms with van der Waals surface area (Å²) in [5, 5.41) is 11.7. The Morgan fingerprint density at radius 3 is 2.26 bits per heavy atom. The highest BCUT2D eigenvalue weighted by atomic mass is 16.2. The molecule has 0 bridgehead atoms. The molecule has 0 radical (unpaired) electrons. The van der Waals surface area contributed by atoms with Gasteiger partial charge in [0.05, 0.1) is 17.9 Å². The molecule has 1 aliphatic carbocycles. The number of carbonyl (C=O) groups is 2. The van der Waals surface area contributed by atoms with Gasteiger partial charge in [-0.1, -0.05) is 41.6 Å². The van der Waals surface area contributed by atoms with Crippen LogP contribution in [-0.2, 0) is 4.79 Å². The fraction of sp³-hybridized carbons (Fsp3) is 0.385. The SMILES string of the molecule is Cc1cccc(C)c1NC(=O)CN1CCN(C(=O)c2nnn(-c3ccccc3)c2C2CC2)CC1. The van der Waals surface area contributed by atoms with Crippen molar-refractivity contribution in [2.75, 3.05) is 38.0 Å². The molecular formula is C26H30N6O2. The van der Waals surface area contributed by atoms with Gasteiger partial charge >= 0.3 is 0 Å². The second kappa shape index (κ2) is 9.38. The predicted molar refractivity (Wildman–Crippen MR) is 130 cm³/mol. The number of rotatable bonds is 6. The molecule has 0 unspecified atom stereocenters. The highest BCUT2D eigenvalue weighted by Gasteiger charge is 2.36. The van der Waals surface area contributed by atoms with Crippen LogP contribution < -0.4 is 5.32 Å². The van der Waals surface area contributed by atoms with Crippen LogP contribution in [-0.4, -0.2) is 69.3 Å². The third kappa shape index (κ3) is 4.59. The quantitative estimate of drug-likeness (QED) is 0.614. The molecule has 2 fully saturated rings. The topological polar surface area (TPSA) is 83.4 Å². The van der Waals surface area contributed by atoms with Gasteiger partial charge in [-0.2, -0.15) is 0 Å². The van der Waals surface area contributed by atoms with Crippen molar-refractivity contribution in [3.8, 4) is 5.69 Å². The summed E-state index contributed by atoms with van der Waals surface area (Å²) in [6.07, 6.45) is 2.12. The molecule has 8 nitrogen and oxygen atoms in total. The molecule has 1 aromatic heterocycles. The minimum Gasteiger partial charge on any atom is -0.335 e. The molecule has 2 heterocycles. The average Bonchev–Trinajstić information content (AvgIpc) is 3.59. The van der Waals surface area contributed by atoms with Crippen LogP contribution in [0.4, 0.5) is 5.69 Å². The molecule has 176 valence electrons. The fourth-order valence-electron chi connectivity index (χ4n) is 4.58. The zero-order valence-corrected chi connectivity index (χ0v) is 19.7. The Morgan fingerprint density at radius 2 is 1.62 bits per heavy atom. The van der Waals surface area contributed by atoms with Crippen molar-refractivity contribution in [1.29, 1.82) is 0 Å². The van der Waals surface area contributed by atoms with Crippen molar-refractivity contribution in [2.45, 2.75) is 32.6 Å². The van der Waals surface area contributed by atoms with Crippen LogP contribution in [0, 0.1) is 13.8 Å². The third-order valence-corrected chi connectivity index (χ3v) is 6.64. The van der Waals surface area contributed by atoms with Crippen molar-refractivity contribution in [1.82, 2.24) is 24.8 Å². The van der Waals surface area contributed by atoms with E-state index in [2.05, 4.69) is 20.5 Å². The fourth-order valence-corrected chi connectivity index (χ4v) is 4.58. The van der Waals surface area contributed by atoms with Crippen LogP contribution in [0.2, 0.25) is 0 Å². The van der Waals surface area contributed by atoms with E-state index in [9.17, 15) is 9.59 Å². The second-order valence-electron chi connectivity index (χ2n) is 9.23. The first-order valence-electron chi connectivity index (χ1n) is 11.9. The largest absolute Gasteiger partial charge is 0.335 e. The van der Waals surface area contributed by atoms with Crippen LogP contribution in [0.25, 0.3) is 5.69 Å². The first-order chi connectivity index (χ1) is 16.5. The first-order valence-corrected chi connectivity index (χ1v) is 11.9. The maximum Gasteiger partial charge on any atom is 0.276 e. The van der Waals surface area contributed by atoms with E-state index in [1.54, 1.807) is 0 Å². The number of benzene rings is 2. The number of nitrogens with one attached hydrogen (secondary N) is 1. The molecule has 2 amide bonds. The number of hydrogen-bond acceptors (Lipinski definition) is 5. The summed E-state index contributed by atoms with van der Waals surface area (Å²) in [5.41, 5.74) is 5.31. The molecule has 8 heteroatoms. The van der Waals surface area contributed by atoms with Crippen molar-refractivity contribution < 1.29 is 9.59 Å². The van der Waals surface area contributed by atoms with E-state index >= 15 is 0 Å². The third-order valence-electron chi connectivity index (χ3n) is 6.64. The van der Waals surface area contributed by atoms with E-state index in [-0.39, 0.29) is 11.8 Å². The Hall–Kier alpha value is -3.52. The van der Waals surface area contributed by atoms with Crippen molar-refractivity contribution in [3.63, 3.8) is 0 Å². The Labute approximate surface area is 199 Å².